The van der Waals surface area contributed by atoms with E-state index in [-0.39, 0.29) is 0 Å². The smallest absolute Gasteiger partial charge is 0.0111 e. The molecule has 1 heterocycles. The van der Waals surface area contributed by atoms with E-state index in [2.05, 4.69) is 24.2 Å². The van der Waals surface area contributed by atoms with Crippen LogP contribution in [0.3, 0.4) is 0 Å². The predicted molar refractivity (Wildman–Crippen MR) is 65.1 cm³/mol. The Balaban J connectivity index is 1.87. The van der Waals surface area contributed by atoms with E-state index in [0.29, 0.717) is 0 Å². The molecular formula is C13H26N2. The first-order chi connectivity index (χ1) is 7.33. The summed E-state index contributed by atoms with van der Waals surface area (Å²) in [5, 5.41) is 3.34. The van der Waals surface area contributed by atoms with Gasteiger partial charge in [0.25, 0.3) is 0 Å². The Morgan fingerprint density at radius 3 is 2.53 bits per heavy atom. The molecule has 2 nitrogen and oxygen atoms in total. The zero-order valence-corrected chi connectivity index (χ0v) is 10.3. The van der Waals surface area contributed by atoms with Gasteiger partial charge in [-0.25, -0.2) is 0 Å². The van der Waals surface area contributed by atoms with Gasteiger partial charge in [0.05, 0.1) is 0 Å². The van der Waals surface area contributed by atoms with Gasteiger partial charge in [-0.3, -0.25) is 4.90 Å². The molecule has 0 aromatic rings. The third-order valence-corrected chi connectivity index (χ3v) is 4.47. The standard InChI is InChI=1S/C13H26N2/c1-11-12(10-14-2)8-9-15(11)13-6-4-3-5-7-13/h11-14H,3-10H2,1-2H3. The first-order valence-electron chi connectivity index (χ1n) is 6.73. The molecule has 2 heteroatoms. The third kappa shape index (κ3) is 2.54. The van der Waals surface area contributed by atoms with Crippen LogP contribution in [0.25, 0.3) is 0 Å². The van der Waals surface area contributed by atoms with Crippen LogP contribution in [-0.4, -0.2) is 37.1 Å². The summed E-state index contributed by atoms with van der Waals surface area (Å²) in [5.41, 5.74) is 0. The minimum atomic E-state index is 0.806. The molecule has 2 unspecified atom stereocenters. The molecule has 1 aliphatic heterocycles. The molecule has 15 heavy (non-hydrogen) atoms. The molecule has 2 fully saturated rings. The van der Waals surface area contributed by atoms with Crippen molar-refractivity contribution in [1.29, 1.82) is 0 Å². The summed E-state index contributed by atoms with van der Waals surface area (Å²) in [6.45, 7) is 4.98. The van der Waals surface area contributed by atoms with Crippen LogP contribution < -0.4 is 5.32 Å². The van der Waals surface area contributed by atoms with E-state index in [1.54, 1.807) is 0 Å². The van der Waals surface area contributed by atoms with Gasteiger partial charge in [-0.05, 0) is 52.2 Å². The van der Waals surface area contributed by atoms with Gasteiger partial charge >= 0.3 is 0 Å². The van der Waals surface area contributed by atoms with Crippen molar-refractivity contribution in [2.24, 2.45) is 5.92 Å². The highest BCUT2D eigenvalue weighted by molar-refractivity contribution is 4.89. The monoisotopic (exact) mass is 210 g/mol. The van der Waals surface area contributed by atoms with Crippen LogP contribution in [0.2, 0.25) is 0 Å². The average molecular weight is 210 g/mol. The van der Waals surface area contributed by atoms with Crippen molar-refractivity contribution in [2.75, 3.05) is 20.1 Å². The summed E-state index contributed by atoms with van der Waals surface area (Å²) in [5.74, 6) is 0.886. The van der Waals surface area contributed by atoms with Crippen molar-refractivity contribution in [1.82, 2.24) is 10.2 Å². The molecule has 0 spiro atoms. The average Bonchev–Trinajstić information content (AvgIpc) is 2.63. The van der Waals surface area contributed by atoms with Crippen LogP contribution in [-0.2, 0) is 0 Å². The number of nitrogens with one attached hydrogen (secondary N) is 1. The molecular weight excluding hydrogens is 184 g/mol. The quantitative estimate of drug-likeness (QED) is 0.768. The van der Waals surface area contributed by atoms with Crippen molar-refractivity contribution >= 4 is 0 Å². The Hall–Kier alpha value is -0.0800. The van der Waals surface area contributed by atoms with E-state index in [1.165, 1.54) is 51.6 Å². The van der Waals surface area contributed by atoms with Gasteiger partial charge in [0.15, 0.2) is 0 Å². The van der Waals surface area contributed by atoms with Gasteiger partial charge in [-0.1, -0.05) is 19.3 Å². The molecule has 1 saturated heterocycles. The maximum absolute atomic E-state index is 3.34. The molecule has 88 valence electrons. The highest BCUT2D eigenvalue weighted by atomic mass is 15.2. The summed E-state index contributed by atoms with van der Waals surface area (Å²) in [6, 6.07) is 1.72. The number of nitrogens with zero attached hydrogens (tertiary/aromatic N) is 1. The second-order valence-corrected chi connectivity index (χ2v) is 5.38. The van der Waals surface area contributed by atoms with Gasteiger partial charge in [-0.2, -0.15) is 0 Å². The van der Waals surface area contributed by atoms with E-state index in [0.717, 1.165) is 18.0 Å². The summed E-state index contributed by atoms with van der Waals surface area (Å²) >= 11 is 0. The Morgan fingerprint density at radius 1 is 1.13 bits per heavy atom. The molecule has 0 bridgehead atoms. The second kappa shape index (κ2) is 5.31. The van der Waals surface area contributed by atoms with E-state index >= 15 is 0 Å². The van der Waals surface area contributed by atoms with Crippen LogP contribution in [0.4, 0.5) is 0 Å². The normalized spacial score (nSPS) is 34.8. The highest BCUT2D eigenvalue weighted by Crippen LogP contribution is 2.31. The molecule has 1 N–H and O–H groups in total. The number of rotatable bonds is 3. The molecule has 2 atom stereocenters. The highest BCUT2D eigenvalue weighted by Gasteiger charge is 2.34. The minimum Gasteiger partial charge on any atom is -0.319 e. The molecule has 0 aromatic carbocycles. The van der Waals surface area contributed by atoms with E-state index in [1.807, 2.05) is 0 Å². The minimum absolute atomic E-state index is 0.806. The van der Waals surface area contributed by atoms with Crippen LogP contribution in [0.5, 0.6) is 0 Å². The topological polar surface area (TPSA) is 15.3 Å². The Labute approximate surface area is 94.4 Å². The summed E-state index contributed by atoms with van der Waals surface area (Å²) in [4.78, 5) is 2.79. The second-order valence-electron chi connectivity index (χ2n) is 5.38. The lowest BCUT2D eigenvalue weighted by Crippen LogP contribution is -2.41. The van der Waals surface area contributed by atoms with Crippen molar-refractivity contribution in [3.05, 3.63) is 0 Å². The first-order valence-corrected chi connectivity index (χ1v) is 6.73. The number of hydrogen-bond acceptors (Lipinski definition) is 2. The Kier molecular flexibility index (Phi) is 4.04. The van der Waals surface area contributed by atoms with Crippen molar-refractivity contribution < 1.29 is 0 Å². The third-order valence-electron chi connectivity index (χ3n) is 4.47. The van der Waals surface area contributed by atoms with Crippen LogP contribution in [0.1, 0.15) is 45.4 Å². The number of likely N-dealkylation sites (tertiary alicyclic amines) is 1. The van der Waals surface area contributed by atoms with Gasteiger partial charge < -0.3 is 5.32 Å². The van der Waals surface area contributed by atoms with Crippen LogP contribution >= 0.6 is 0 Å². The van der Waals surface area contributed by atoms with Gasteiger partial charge in [0.2, 0.25) is 0 Å². The zero-order chi connectivity index (χ0) is 10.7. The molecule has 2 rings (SSSR count). The SMILES string of the molecule is CNCC1CCN(C2CCCCC2)C1C. The van der Waals surface area contributed by atoms with Crippen LogP contribution in [0, 0.1) is 5.92 Å². The first kappa shape index (κ1) is 11.4. The summed E-state index contributed by atoms with van der Waals surface area (Å²) in [7, 11) is 2.08. The van der Waals surface area contributed by atoms with Gasteiger partial charge in [0.1, 0.15) is 0 Å². The maximum Gasteiger partial charge on any atom is 0.0111 e. The number of hydrogen-bond donors (Lipinski definition) is 1. The zero-order valence-electron chi connectivity index (χ0n) is 10.3. The van der Waals surface area contributed by atoms with Gasteiger partial charge in [-0.15, -0.1) is 0 Å². The fourth-order valence-electron chi connectivity index (χ4n) is 3.49. The van der Waals surface area contributed by atoms with Gasteiger partial charge in [0, 0.05) is 12.1 Å². The lowest BCUT2D eigenvalue weighted by atomic mass is 9.93. The molecule has 0 aromatic heterocycles. The maximum atomic E-state index is 3.34. The summed E-state index contributed by atoms with van der Waals surface area (Å²) < 4.78 is 0. The van der Waals surface area contributed by atoms with E-state index in [9.17, 15) is 0 Å². The molecule has 1 saturated carbocycles. The lowest BCUT2D eigenvalue weighted by Gasteiger charge is -2.35. The fraction of sp³-hybridized carbons (Fsp3) is 1.00. The van der Waals surface area contributed by atoms with Crippen molar-refractivity contribution in [3.8, 4) is 0 Å². The van der Waals surface area contributed by atoms with Crippen LogP contribution in [0.15, 0.2) is 0 Å². The Morgan fingerprint density at radius 2 is 1.87 bits per heavy atom. The molecule has 0 radical (unpaired) electrons. The molecule has 0 amide bonds. The van der Waals surface area contributed by atoms with E-state index in [4.69, 9.17) is 0 Å². The van der Waals surface area contributed by atoms with Crippen molar-refractivity contribution in [2.45, 2.75) is 57.5 Å². The largest absolute Gasteiger partial charge is 0.319 e. The predicted octanol–water partition coefficient (Wildman–Crippen LogP) is 2.25. The lowest BCUT2D eigenvalue weighted by molar-refractivity contribution is 0.137. The summed E-state index contributed by atoms with van der Waals surface area (Å²) in [6.07, 6.45) is 8.71. The fourth-order valence-corrected chi connectivity index (χ4v) is 3.49. The molecule has 2 aliphatic rings. The van der Waals surface area contributed by atoms with E-state index < -0.39 is 0 Å². The Bertz CT molecular complexity index is 187. The van der Waals surface area contributed by atoms with Crippen molar-refractivity contribution in [3.63, 3.8) is 0 Å². The molecule has 1 aliphatic carbocycles.